The smallest absolute Gasteiger partial charge is 0.0586 e. The van der Waals surface area contributed by atoms with Crippen molar-refractivity contribution < 1.29 is 4.74 Å². The Bertz CT molecular complexity index is 542. The van der Waals surface area contributed by atoms with Crippen LogP contribution in [0.3, 0.4) is 0 Å². The molecule has 90 valence electrons. The molecule has 1 aliphatic heterocycles. The summed E-state index contributed by atoms with van der Waals surface area (Å²) in [5, 5.41) is 1.32. The molecule has 0 aliphatic carbocycles. The quantitative estimate of drug-likeness (QED) is 0.829. The van der Waals surface area contributed by atoms with E-state index in [9.17, 15) is 0 Å². The summed E-state index contributed by atoms with van der Waals surface area (Å²) in [6, 6.07) is 8.46. The Balaban J connectivity index is 2.18. The van der Waals surface area contributed by atoms with Crippen LogP contribution in [-0.2, 0) is 10.2 Å². The lowest BCUT2D eigenvalue weighted by Gasteiger charge is -2.42. The van der Waals surface area contributed by atoms with Crippen molar-refractivity contribution in [2.24, 2.45) is 0 Å². The van der Waals surface area contributed by atoms with Gasteiger partial charge in [0, 0.05) is 27.9 Å². The average Bonchev–Trinajstić information content (AvgIpc) is 2.60. The number of benzene rings is 1. The van der Waals surface area contributed by atoms with Crippen molar-refractivity contribution in [3.63, 3.8) is 0 Å². The number of ether oxygens (including phenoxy) is 1. The van der Waals surface area contributed by atoms with Crippen molar-refractivity contribution in [1.82, 2.24) is 4.98 Å². The van der Waals surface area contributed by atoms with E-state index in [2.05, 4.69) is 36.2 Å². The summed E-state index contributed by atoms with van der Waals surface area (Å²) < 4.78 is 5.45. The van der Waals surface area contributed by atoms with Crippen LogP contribution < -0.4 is 0 Å². The summed E-state index contributed by atoms with van der Waals surface area (Å²) in [4.78, 5) is 3.46. The summed E-state index contributed by atoms with van der Waals surface area (Å²) in [5.41, 5.74) is 3.99. The Morgan fingerprint density at radius 2 is 2.12 bits per heavy atom. The van der Waals surface area contributed by atoms with Crippen LogP contribution in [0.5, 0.6) is 0 Å². The fourth-order valence-electron chi connectivity index (χ4n) is 2.90. The van der Waals surface area contributed by atoms with Crippen LogP contribution in [0.2, 0.25) is 0 Å². The van der Waals surface area contributed by atoms with Gasteiger partial charge in [0.05, 0.1) is 13.2 Å². The van der Waals surface area contributed by atoms with Crippen LogP contribution in [0, 0.1) is 6.92 Å². The predicted molar refractivity (Wildman–Crippen MR) is 70.9 cm³/mol. The van der Waals surface area contributed by atoms with Gasteiger partial charge in [0.1, 0.15) is 0 Å². The number of hydrogen-bond acceptors (Lipinski definition) is 1. The van der Waals surface area contributed by atoms with Crippen LogP contribution in [0.25, 0.3) is 10.9 Å². The Labute approximate surface area is 106 Å². The summed E-state index contributed by atoms with van der Waals surface area (Å²) in [6.07, 6.45) is 0.983. The number of H-pyrrole nitrogens is 1. The van der Waals surface area contributed by atoms with Gasteiger partial charge in [-0.3, -0.25) is 0 Å². The molecule has 2 aromatic rings. The summed E-state index contributed by atoms with van der Waals surface area (Å²) in [7, 11) is 0. The Hall–Kier alpha value is -0.990. The topological polar surface area (TPSA) is 25.0 Å². The summed E-state index contributed by atoms with van der Waals surface area (Å²) >= 11 is 5.95. The zero-order chi connectivity index (χ0) is 11.9. The lowest BCUT2D eigenvalue weighted by atomic mass is 9.75. The number of halogens is 1. The number of hydrogen-bond donors (Lipinski definition) is 1. The normalized spacial score (nSPS) is 18.2. The number of rotatable bonds is 3. The molecule has 1 fully saturated rings. The third-order valence-corrected chi connectivity index (χ3v) is 3.94. The predicted octanol–water partition coefficient (Wildman–Crippen LogP) is 3.37. The number of fused-ring (bicyclic) bond motifs is 1. The molecule has 2 nitrogen and oxygen atoms in total. The molecule has 0 radical (unpaired) electrons. The van der Waals surface area contributed by atoms with Gasteiger partial charge in [-0.2, -0.15) is 0 Å². The highest BCUT2D eigenvalue weighted by atomic mass is 35.5. The van der Waals surface area contributed by atoms with E-state index in [0.29, 0.717) is 5.88 Å². The Morgan fingerprint density at radius 3 is 2.76 bits per heavy atom. The monoisotopic (exact) mass is 249 g/mol. The minimum absolute atomic E-state index is 0.130. The molecule has 0 unspecified atom stereocenters. The maximum absolute atomic E-state index is 5.95. The molecule has 1 saturated heterocycles. The fourth-order valence-corrected chi connectivity index (χ4v) is 3.26. The van der Waals surface area contributed by atoms with E-state index in [1.807, 2.05) is 0 Å². The van der Waals surface area contributed by atoms with E-state index < -0.39 is 0 Å². The molecule has 3 heteroatoms. The number of para-hydroxylation sites is 1. The molecule has 0 saturated carbocycles. The second-order valence-corrected chi connectivity index (χ2v) is 5.26. The van der Waals surface area contributed by atoms with Gasteiger partial charge >= 0.3 is 0 Å². The van der Waals surface area contributed by atoms with Crippen LogP contribution >= 0.6 is 11.6 Å². The van der Waals surface area contributed by atoms with Crippen molar-refractivity contribution in [3.8, 4) is 0 Å². The van der Waals surface area contributed by atoms with Crippen molar-refractivity contribution in [2.45, 2.75) is 18.8 Å². The molecule has 2 heterocycles. The maximum Gasteiger partial charge on any atom is 0.0586 e. The van der Waals surface area contributed by atoms with E-state index in [4.69, 9.17) is 16.3 Å². The molecule has 1 aromatic carbocycles. The first-order valence-corrected chi connectivity index (χ1v) is 6.52. The first-order valence-electron chi connectivity index (χ1n) is 5.98. The highest BCUT2D eigenvalue weighted by molar-refractivity contribution is 6.17. The van der Waals surface area contributed by atoms with E-state index >= 15 is 0 Å². The van der Waals surface area contributed by atoms with Gasteiger partial charge in [-0.05, 0) is 25.0 Å². The fraction of sp³-hybridized carbons (Fsp3) is 0.429. The third kappa shape index (κ3) is 1.59. The van der Waals surface area contributed by atoms with Crippen molar-refractivity contribution in [2.75, 3.05) is 19.1 Å². The van der Waals surface area contributed by atoms with E-state index in [1.165, 1.54) is 22.2 Å². The lowest BCUT2D eigenvalue weighted by Crippen LogP contribution is -2.47. The SMILES string of the molecule is Cc1[nH]c2ccccc2c1C1(CCCl)COC1. The highest BCUT2D eigenvalue weighted by Crippen LogP contribution is 2.41. The molecule has 0 amide bonds. The molecule has 0 atom stereocenters. The number of alkyl halides is 1. The zero-order valence-electron chi connectivity index (χ0n) is 9.92. The lowest BCUT2D eigenvalue weighted by molar-refractivity contribution is -0.0611. The number of nitrogens with one attached hydrogen (secondary N) is 1. The summed E-state index contributed by atoms with van der Waals surface area (Å²) in [5.74, 6) is 0.683. The van der Waals surface area contributed by atoms with Crippen LogP contribution in [0.1, 0.15) is 17.7 Å². The van der Waals surface area contributed by atoms with E-state index in [1.54, 1.807) is 0 Å². The van der Waals surface area contributed by atoms with Gasteiger partial charge in [0.25, 0.3) is 0 Å². The minimum Gasteiger partial charge on any atom is -0.379 e. The minimum atomic E-state index is 0.130. The van der Waals surface area contributed by atoms with Crippen molar-refractivity contribution in [3.05, 3.63) is 35.5 Å². The zero-order valence-corrected chi connectivity index (χ0v) is 10.7. The molecule has 0 spiro atoms. The van der Waals surface area contributed by atoms with Gasteiger partial charge in [0.2, 0.25) is 0 Å². The number of aryl methyl sites for hydroxylation is 1. The molecule has 17 heavy (non-hydrogen) atoms. The van der Waals surface area contributed by atoms with Gasteiger partial charge in [0.15, 0.2) is 0 Å². The van der Waals surface area contributed by atoms with Gasteiger partial charge in [-0.15, -0.1) is 11.6 Å². The van der Waals surface area contributed by atoms with Crippen molar-refractivity contribution in [1.29, 1.82) is 0 Å². The number of aromatic nitrogens is 1. The second-order valence-electron chi connectivity index (χ2n) is 4.88. The van der Waals surface area contributed by atoms with E-state index in [0.717, 1.165) is 19.6 Å². The Morgan fingerprint density at radius 1 is 1.35 bits per heavy atom. The molecular weight excluding hydrogens is 234 g/mol. The van der Waals surface area contributed by atoms with Crippen LogP contribution in [0.15, 0.2) is 24.3 Å². The van der Waals surface area contributed by atoms with Gasteiger partial charge < -0.3 is 9.72 Å². The van der Waals surface area contributed by atoms with E-state index in [-0.39, 0.29) is 5.41 Å². The van der Waals surface area contributed by atoms with Crippen molar-refractivity contribution >= 4 is 22.5 Å². The highest BCUT2D eigenvalue weighted by Gasteiger charge is 2.42. The van der Waals surface area contributed by atoms with Crippen LogP contribution in [-0.4, -0.2) is 24.1 Å². The average molecular weight is 250 g/mol. The molecule has 1 aromatic heterocycles. The maximum atomic E-state index is 5.95. The molecule has 3 rings (SSSR count). The Kier molecular flexibility index (Phi) is 2.64. The van der Waals surface area contributed by atoms with Gasteiger partial charge in [-0.25, -0.2) is 0 Å². The first-order chi connectivity index (χ1) is 8.27. The van der Waals surface area contributed by atoms with Gasteiger partial charge in [-0.1, -0.05) is 18.2 Å². The largest absolute Gasteiger partial charge is 0.379 e. The molecule has 1 aliphatic rings. The molecular formula is C14H16ClNO. The first kappa shape index (κ1) is 11.1. The standard InChI is InChI=1S/C14H16ClNO/c1-10-13(14(6-7-15)8-17-9-14)11-4-2-3-5-12(11)16-10/h2-5,16H,6-9H2,1H3. The molecule has 0 bridgehead atoms. The number of aromatic amines is 1. The third-order valence-electron chi connectivity index (χ3n) is 3.75. The summed E-state index contributed by atoms with van der Waals surface area (Å²) in [6.45, 7) is 3.73. The molecule has 1 N–H and O–H groups in total. The van der Waals surface area contributed by atoms with Crippen LogP contribution in [0.4, 0.5) is 0 Å². The second kappa shape index (κ2) is 4.04.